The van der Waals surface area contributed by atoms with Gasteiger partial charge in [-0.2, -0.15) is 0 Å². The molecule has 1 aromatic rings. The summed E-state index contributed by atoms with van der Waals surface area (Å²) in [6.45, 7) is 6.67. The molecule has 0 atom stereocenters. The number of amides is 1. The molecule has 0 aliphatic heterocycles. The van der Waals surface area contributed by atoms with Crippen LogP contribution in [0.15, 0.2) is 12.1 Å². The Morgan fingerprint density at radius 2 is 2.00 bits per heavy atom. The number of hydrogen-bond donors (Lipinski definition) is 2. The van der Waals surface area contributed by atoms with E-state index in [1.807, 2.05) is 19.9 Å². The minimum Gasteiger partial charge on any atom is -0.478 e. The van der Waals surface area contributed by atoms with Crippen molar-refractivity contribution in [3.8, 4) is 0 Å². The minimum atomic E-state index is -1.04. The quantitative estimate of drug-likeness (QED) is 0.752. The van der Waals surface area contributed by atoms with Crippen LogP contribution in [0.3, 0.4) is 0 Å². The zero-order valence-corrected chi connectivity index (χ0v) is 12.2. The van der Waals surface area contributed by atoms with Gasteiger partial charge in [-0.25, -0.2) is 4.79 Å². The van der Waals surface area contributed by atoms with Crippen molar-refractivity contribution in [3.63, 3.8) is 0 Å². The molecule has 2 N–H and O–H groups in total. The lowest BCUT2D eigenvalue weighted by atomic mass is 10.0. The Balaban J connectivity index is 2.76. The van der Waals surface area contributed by atoms with Crippen molar-refractivity contribution < 1.29 is 19.4 Å². The smallest absolute Gasteiger partial charge is 0.337 e. The molecule has 0 fully saturated rings. The van der Waals surface area contributed by atoms with Crippen LogP contribution in [-0.2, 0) is 9.53 Å². The summed E-state index contributed by atoms with van der Waals surface area (Å²) in [6, 6.07) is 3.41. The normalized spacial score (nSPS) is 10.3. The van der Waals surface area contributed by atoms with E-state index in [-0.39, 0.29) is 11.5 Å². The third kappa shape index (κ3) is 4.66. The fourth-order valence-electron chi connectivity index (χ4n) is 1.98. The molecule has 0 aliphatic rings. The molecule has 0 heterocycles. The standard InChI is InChI=1S/C15H21NO4/c1-4-20-7-5-6-13(17)16-14-11(3)8-10(2)9-12(14)15(18)19/h8-9H,4-7H2,1-3H3,(H,16,17)(H,18,19). The molecule has 1 rings (SSSR count). The van der Waals surface area contributed by atoms with Crippen LogP contribution in [0.25, 0.3) is 0 Å². The molecule has 5 nitrogen and oxygen atoms in total. The first-order chi connectivity index (χ1) is 9.45. The lowest BCUT2D eigenvalue weighted by Gasteiger charge is -2.13. The summed E-state index contributed by atoms with van der Waals surface area (Å²) in [5.74, 6) is -1.24. The highest BCUT2D eigenvalue weighted by atomic mass is 16.5. The number of aromatic carboxylic acids is 1. The molecular formula is C15H21NO4. The summed E-state index contributed by atoms with van der Waals surface area (Å²) >= 11 is 0. The van der Waals surface area contributed by atoms with E-state index in [1.165, 1.54) is 0 Å². The number of carbonyl (C=O) groups is 2. The number of carboxylic acids is 1. The van der Waals surface area contributed by atoms with Crippen LogP contribution >= 0.6 is 0 Å². The number of nitrogens with one attached hydrogen (secondary N) is 1. The van der Waals surface area contributed by atoms with Gasteiger partial charge in [-0.1, -0.05) is 6.07 Å². The number of carbonyl (C=O) groups excluding carboxylic acids is 1. The molecule has 1 aromatic carbocycles. The zero-order chi connectivity index (χ0) is 15.1. The molecule has 0 aliphatic carbocycles. The maximum atomic E-state index is 11.8. The SMILES string of the molecule is CCOCCCC(=O)Nc1c(C)cc(C)cc1C(=O)O. The summed E-state index contributed by atoms with van der Waals surface area (Å²) in [5.41, 5.74) is 2.11. The lowest BCUT2D eigenvalue weighted by molar-refractivity contribution is -0.116. The molecule has 1 amide bonds. The van der Waals surface area contributed by atoms with Gasteiger partial charge in [0.2, 0.25) is 5.91 Å². The summed E-state index contributed by atoms with van der Waals surface area (Å²) in [4.78, 5) is 23.1. The van der Waals surface area contributed by atoms with Crippen molar-refractivity contribution in [3.05, 3.63) is 28.8 Å². The van der Waals surface area contributed by atoms with Gasteiger partial charge in [0.1, 0.15) is 0 Å². The molecule has 20 heavy (non-hydrogen) atoms. The number of rotatable bonds is 7. The van der Waals surface area contributed by atoms with Crippen molar-refractivity contribution in [2.45, 2.75) is 33.6 Å². The largest absolute Gasteiger partial charge is 0.478 e. The van der Waals surface area contributed by atoms with Crippen LogP contribution in [0.1, 0.15) is 41.3 Å². The predicted octanol–water partition coefficient (Wildman–Crippen LogP) is 2.76. The number of ether oxygens (including phenoxy) is 1. The highest BCUT2D eigenvalue weighted by Crippen LogP contribution is 2.23. The first kappa shape index (κ1) is 16.2. The van der Waals surface area contributed by atoms with Crippen molar-refractivity contribution in [2.75, 3.05) is 18.5 Å². The molecule has 0 aromatic heterocycles. The Hall–Kier alpha value is -1.88. The van der Waals surface area contributed by atoms with E-state index in [4.69, 9.17) is 4.74 Å². The fraction of sp³-hybridized carbons (Fsp3) is 0.467. The molecule has 0 saturated carbocycles. The second-order valence-electron chi connectivity index (χ2n) is 4.66. The number of carboxylic acid groups (broad SMARTS) is 1. The summed E-state index contributed by atoms with van der Waals surface area (Å²) in [7, 11) is 0. The average molecular weight is 279 g/mol. The average Bonchev–Trinajstić information content (AvgIpc) is 2.37. The van der Waals surface area contributed by atoms with E-state index in [2.05, 4.69) is 5.32 Å². The number of anilines is 1. The third-order valence-corrected chi connectivity index (χ3v) is 2.87. The summed E-state index contributed by atoms with van der Waals surface area (Å²) in [6.07, 6.45) is 0.930. The van der Waals surface area contributed by atoms with Crippen molar-refractivity contribution in [2.24, 2.45) is 0 Å². The van der Waals surface area contributed by atoms with Crippen molar-refractivity contribution >= 4 is 17.6 Å². The monoisotopic (exact) mass is 279 g/mol. The van der Waals surface area contributed by atoms with Crippen LogP contribution in [-0.4, -0.2) is 30.2 Å². The molecule has 0 radical (unpaired) electrons. The zero-order valence-electron chi connectivity index (χ0n) is 12.2. The molecule has 0 bridgehead atoms. The van der Waals surface area contributed by atoms with Gasteiger partial charge in [-0.3, -0.25) is 4.79 Å². The van der Waals surface area contributed by atoms with Gasteiger partial charge in [0.25, 0.3) is 0 Å². The highest BCUT2D eigenvalue weighted by molar-refractivity contribution is 6.01. The third-order valence-electron chi connectivity index (χ3n) is 2.87. The molecule has 0 saturated heterocycles. The van der Waals surface area contributed by atoms with E-state index < -0.39 is 5.97 Å². The van der Waals surface area contributed by atoms with Gasteiger partial charge in [-0.05, 0) is 44.4 Å². The van der Waals surface area contributed by atoms with E-state index in [9.17, 15) is 14.7 Å². The fourth-order valence-corrected chi connectivity index (χ4v) is 1.98. The van der Waals surface area contributed by atoms with Crippen LogP contribution in [0.2, 0.25) is 0 Å². The summed E-state index contributed by atoms with van der Waals surface area (Å²) < 4.78 is 5.16. The van der Waals surface area contributed by atoms with Gasteiger partial charge in [-0.15, -0.1) is 0 Å². The highest BCUT2D eigenvalue weighted by Gasteiger charge is 2.15. The van der Waals surface area contributed by atoms with Gasteiger partial charge in [0.15, 0.2) is 0 Å². The van der Waals surface area contributed by atoms with E-state index in [0.29, 0.717) is 31.7 Å². The topological polar surface area (TPSA) is 75.6 Å². The molecule has 5 heteroatoms. The first-order valence-electron chi connectivity index (χ1n) is 6.67. The Bertz CT molecular complexity index is 497. The second-order valence-corrected chi connectivity index (χ2v) is 4.66. The lowest BCUT2D eigenvalue weighted by Crippen LogP contribution is -2.16. The Morgan fingerprint density at radius 1 is 1.30 bits per heavy atom. The van der Waals surface area contributed by atoms with E-state index in [1.54, 1.807) is 13.0 Å². The second kappa shape index (κ2) is 7.65. The number of hydrogen-bond acceptors (Lipinski definition) is 3. The Labute approximate surface area is 118 Å². The van der Waals surface area contributed by atoms with Crippen LogP contribution in [0.5, 0.6) is 0 Å². The Kier molecular flexibility index (Phi) is 6.18. The van der Waals surface area contributed by atoms with Gasteiger partial charge in [0.05, 0.1) is 11.3 Å². The minimum absolute atomic E-state index is 0.126. The number of aryl methyl sites for hydroxylation is 2. The van der Waals surface area contributed by atoms with Crippen LogP contribution in [0.4, 0.5) is 5.69 Å². The van der Waals surface area contributed by atoms with Crippen molar-refractivity contribution in [1.82, 2.24) is 0 Å². The molecule has 0 unspecified atom stereocenters. The van der Waals surface area contributed by atoms with Crippen LogP contribution in [0, 0.1) is 13.8 Å². The molecule has 110 valence electrons. The van der Waals surface area contributed by atoms with Gasteiger partial charge in [0, 0.05) is 19.6 Å². The van der Waals surface area contributed by atoms with E-state index >= 15 is 0 Å². The van der Waals surface area contributed by atoms with E-state index in [0.717, 1.165) is 11.1 Å². The van der Waals surface area contributed by atoms with Crippen LogP contribution < -0.4 is 5.32 Å². The maximum Gasteiger partial charge on any atom is 0.337 e. The first-order valence-corrected chi connectivity index (χ1v) is 6.67. The van der Waals surface area contributed by atoms with Crippen molar-refractivity contribution in [1.29, 1.82) is 0 Å². The number of benzene rings is 1. The molecule has 0 spiro atoms. The molecular weight excluding hydrogens is 258 g/mol. The predicted molar refractivity (Wildman–Crippen MR) is 77.2 cm³/mol. The Morgan fingerprint density at radius 3 is 2.60 bits per heavy atom. The maximum absolute atomic E-state index is 11.8. The van der Waals surface area contributed by atoms with Gasteiger partial charge < -0.3 is 15.2 Å². The van der Waals surface area contributed by atoms with Gasteiger partial charge >= 0.3 is 5.97 Å². The summed E-state index contributed by atoms with van der Waals surface area (Å²) in [5, 5.41) is 11.9.